The molecule has 0 fully saturated rings. The summed E-state index contributed by atoms with van der Waals surface area (Å²) < 4.78 is 5.56. The zero-order valence-electron chi connectivity index (χ0n) is 50.9. The van der Waals surface area contributed by atoms with E-state index >= 15 is 0 Å². The second-order valence-corrected chi connectivity index (χ2v) is 25.7. The molecule has 418 valence electrons. The predicted octanol–water partition coefficient (Wildman–Crippen LogP) is 20.7. The van der Waals surface area contributed by atoms with Gasteiger partial charge in [-0.25, -0.2) is 0 Å². The van der Waals surface area contributed by atoms with Crippen molar-refractivity contribution in [3.05, 3.63) is 286 Å². The van der Waals surface area contributed by atoms with Gasteiger partial charge < -0.3 is 18.8 Å². The molecule has 2 aromatic heterocycles. The molecule has 4 nitrogen and oxygen atoms in total. The molecule has 88 heavy (non-hydrogen) atoms. The van der Waals surface area contributed by atoms with Crippen molar-refractivity contribution < 1.29 is 0 Å². The van der Waals surface area contributed by atoms with E-state index in [1.165, 1.54) is 189 Å². The molecular formula is C83H63BN4. The number of benzene rings is 12. The average Bonchev–Trinajstić information content (AvgIpc) is 1.47. The third-order valence-electron chi connectivity index (χ3n) is 20.1. The minimum atomic E-state index is -0.110. The molecule has 0 N–H and O–H groups in total. The van der Waals surface area contributed by atoms with E-state index in [0.717, 1.165) is 11.4 Å². The molecule has 0 radical (unpaired) electrons. The molecule has 4 aliphatic rings. The maximum Gasteiger partial charge on any atom is 0.333 e. The van der Waals surface area contributed by atoms with Gasteiger partial charge in [-0.2, -0.15) is 0 Å². The van der Waals surface area contributed by atoms with Crippen molar-refractivity contribution in [2.75, 3.05) is 9.80 Å². The largest absolute Gasteiger partial charge is 0.374 e. The molecule has 1 atom stereocenters. The van der Waals surface area contributed by atoms with Crippen molar-refractivity contribution in [3.63, 3.8) is 0 Å². The van der Waals surface area contributed by atoms with E-state index in [0.29, 0.717) is 0 Å². The highest BCUT2D eigenvalue weighted by molar-refractivity contribution is 6.90. The molecule has 4 aliphatic heterocycles. The predicted molar refractivity (Wildman–Crippen MR) is 372 cm³/mol. The molecule has 0 aliphatic carbocycles. The summed E-state index contributed by atoms with van der Waals surface area (Å²) >= 11 is 0. The lowest BCUT2D eigenvalue weighted by Gasteiger charge is -2.42. The summed E-state index contributed by atoms with van der Waals surface area (Å²) in [5.74, 6) is 0. The Balaban J connectivity index is 0.872. The molecule has 12 aromatic carbocycles. The van der Waals surface area contributed by atoms with Crippen molar-refractivity contribution in [2.45, 2.75) is 61.4 Å². The second-order valence-electron chi connectivity index (χ2n) is 25.7. The first kappa shape index (κ1) is 50.9. The van der Waals surface area contributed by atoms with Crippen LogP contribution in [0.5, 0.6) is 0 Å². The quantitative estimate of drug-likeness (QED) is 0.154. The third kappa shape index (κ3) is 7.10. The molecule has 0 bridgehead atoms. The van der Waals surface area contributed by atoms with Crippen LogP contribution in [0.25, 0.3) is 99.6 Å². The lowest BCUT2D eigenvalue weighted by molar-refractivity contribution is 0.713. The van der Waals surface area contributed by atoms with Gasteiger partial charge in [0.1, 0.15) is 0 Å². The molecular weight excluding hydrogens is 1060 g/mol. The summed E-state index contributed by atoms with van der Waals surface area (Å²) in [6, 6.07) is 89.0. The number of anilines is 6. The Morgan fingerprint density at radius 2 is 0.739 bits per heavy atom. The zero-order chi connectivity index (χ0) is 59.1. The number of rotatable bonds is 6. The lowest BCUT2D eigenvalue weighted by atomic mass is 9.45. The normalized spacial score (nSPS) is 14.0. The average molecular weight is 1130 g/mol. The van der Waals surface area contributed by atoms with Gasteiger partial charge in [-0.3, -0.25) is 0 Å². The van der Waals surface area contributed by atoms with E-state index in [1.54, 1.807) is 0 Å². The maximum atomic E-state index is 2.78. The van der Waals surface area contributed by atoms with Crippen molar-refractivity contribution >= 4 is 84.7 Å². The fourth-order valence-electron chi connectivity index (χ4n) is 16.6. The highest BCUT2D eigenvalue weighted by Gasteiger charge is 2.46. The Labute approximate surface area is 515 Å². The topological polar surface area (TPSA) is 16.3 Å². The number of hydrogen-bond donors (Lipinski definition) is 0. The Hall–Kier alpha value is -10.4. The number of aryl methyl sites for hydroxylation is 8. The highest BCUT2D eigenvalue weighted by Crippen LogP contribution is 2.60. The van der Waals surface area contributed by atoms with Gasteiger partial charge in [-0.1, -0.05) is 192 Å². The Kier molecular flexibility index (Phi) is 10.8. The summed E-state index contributed by atoms with van der Waals surface area (Å²) in [5.41, 5.74) is 42.7. The van der Waals surface area contributed by atoms with Crippen molar-refractivity contribution in [1.82, 2.24) is 9.05 Å². The summed E-state index contributed by atoms with van der Waals surface area (Å²) in [4.78, 5) is 5.16. The van der Waals surface area contributed by atoms with Gasteiger partial charge in [0.05, 0.1) is 34.0 Å². The smallest absolute Gasteiger partial charge is 0.333 e. The lowest BCUT2D eigenvalue weighted by Crippen LogP contribution is -2.56. The summed E-state index contributed by atoms with van der Waals surface area (Å²) in [6.45, 7) is 17.7. The van der Waals surface area contributed by atoms with E-state index in [-0.39, 0.29) is 12.9 Å². The molecule has 5 heteroatoms. The van der Waals surface area contributed by atoms with Crippen LogP contribution in [0.2, 0.25) is 0 Å². The number of fused-ring (bicyclic) bond motifs is 13. The van der Waals surface area contributed by atoms with Crippen molar-refractivity contribution in [2.24, 2.45) is 0 Å². The minimum Gasteiger partial charge on any atom is -0.374 e. The van der Waals surface area contributed by atoms with Crippen molar-refractivity contribution in [1.29, 1.82) is 0 Å². The van der Waals surface area contributed by atoms with Crippen LogP contribution >= 0.6 is 0 Å². The van der Waals surface area contributed by atoms with Crippen LogP contribution in [-0.2, 0) is 0 Å². The van der Waals surface area contributed by atoms with Crippen LogP contribution in [0.4, 0.5) is 34.1 Å². The van der Waals surface area contributed by atoms with Gasteiger partial charge in [0, 0.05) is 61.3 Å². The molecule has 0 saturated heterocycles. The fourth-order valence-corrected chi connectivity index (χ4v) is 16.6. The van der Waals surface area contributed by atoms with Gasteiger partial charge in [0.15, 0.2) is 0 Å². The maximum absolute atomic E-state index is 2.78. The Bertz CT molecular complexity index is 4940. The van der Waals surface area contributed by atoms with E-state index in [1.807, 2.05) is 0 Å². The standard InChI is InChI=1S/C83H63BN4/c1-47-29-33-61(51(5)37-47)55-41-56(62-34-30-48(2)38-52(62)6)44-59(43-55)85-73-25-11-9-17-69(73)81-77-65(18-15-27-75(77)85)67-20-13-22-70-79(67)87(81)82-71-23-14-21-68-66-19-16-28-76-78(66)84(88(80(68)71)83(70)82)72-24-10-12-26-74(72)86(76)60-45-57(63-35-31-49(3)39-53(63)7)42-58(46-60)64-36-32-50(4)40-54(64)8/h9-46,81H,1-8H3. The monoisotopic (exact) mass is 1130 g/mol. The summed E-state index contributed by atoms with van der Waals surface area (Å²) in [7, 11) is 0. The van der Waals surface area contributed by atoms with Gasteiger partial charge in [-0.15, -0.1) is 0 Å². The first-order valence-electron chi connectivity index (χ1n) is 31.2. The van der Waals surface area contributed by atoms with Gasteiger partial charge >= 0.3 is 6.85 Å². The van der Waals surface area contributed by atoms with Crippen LogP contribution in [0.15, 0.2) is 231 Å². The van der Waals surface area contributed by atoms with Crippen LogP contribution in [-0.4, -0.2) is 15.9 Å². The molecule has 14 aromatic rings. The third-order valence-corrected chi connectivity index (χ3v) is 20.1. The van der Waals surface area contributed by atoms with Crippen LogP contribution in [0.3, 0.4) is 0 Å². The Morgan fingerprint density at radius 1 is 0.307 bits per heavy atom. The number of nitrogens with zero attached hydrogens (tertiary/aromatic N) is 4. The molecule has 0 amide bonds. The zero-order valence-corrected chi connectivity index (χ0v) is 50.9. The van der Waals surface area contributed by atoms with Crippen LogP contribution in [0.1, 0.15) is 61.7 Å². The van der Waals surface area contributed by atoms with Gasteiger partial charge in [-0.05, 0) is 205 Å². The first-order valence-corrected chi connectivity index (χ1v) is 31.2. The van der Waals surface area contributed by atoms with Gasteiger partial charge in [0.2, 0.25) is 0 Å². The molecule has 0 spiro atoms. The summed E-state index contributed by atoms with van der Waals surface area (Å²) in [6.07, 6.45) is 0. The van der Waals surface area contributed by atoms with E-state index in [9.17, 15) is 0 Å². The number of hydrogen-bond acceptors (Lipinski definition) is 2. The summed E-state index contributed by atoms with van der Waals surface area (Å²) in [5, 5.41) is 2.56. The molecule has 0 saturated carbocycles. The molecule has 6 heterocycles. The highest BCUT2D eigenvalue weighted by atomic mass is 15.2. The number of aromatic nitrogens is 2. The van der Waals surface area contributed by atoms with E-state index < -0.39 is 0 Å². The van der Waals surface area contributed by atoms with Crippen LogP contribution < -0.4 is 20.7 Å². The Morgan fingerprint density at radius 3 is 1.28 bits per heavy atom. The van der Waals surface area contributed by atoms with Crippen molar-refractivity contribution in [3.8, 4) is 66.8 Å². The van der Waals surface area contributed by atoms with E-state index in [4.69, 9.17) is 0 Å². The minimum absolute atomic E-state index is 0.110. The van der Waals surface area contributed by atoms with Crippen LogP contribution in [0, 0.1) is 55.4 Å². The molecule has 18 rings (SSSR count). The molecule has 1 unspecified atom stereocenters. The second kappa shape index (κ2) is 18.6. The number of para-hydroxylation sites is 4. The SMILES string of the molecule is Cc1ccc(-c2cc(-c3ccc(C)cc3C)cc(N3c4ccccc4B4c5c(cccc53)-c3cccc5c3n4c3c4cccc6c4n(c53)C3c4ccccc4N(c4cc(-c5ccc(C)cc5C)cc(-c5ccc(C)cc5C)c4)c4cccc-6c43)c2)c(C)c1. The first-order chi connectivity index (χ1) is 42.9. The van der Waals surface area contributed by atoms with E-state index in [2.05, 4.69) is 305 Å². The van der Waals surface area contributed by atoms with Gasteiger partial charge in [0.25, 0.3) is 0 Å². The fraction of sp³-hybridized carbons (Fsp3) is 0.108.